The first-order valence-electron chi connectivity index (χ1n) is 3.31. The summed E-state index contributed by atoms with van der Waals surface area (Å²) >= 11 is 7.82. The van der Waals surface area contributed by atoms with Gasteiger partial charge in [-0.3, -0.25) is 0 Å². The van der Waals surface area contributed by atoms with Gasteiger partial charge < -0.3 is 10.2 Å². The van der Waals surface area contributed by atoms with Crippen LogP contribution >= 0.6 is 43.2 Å². The number of hydrogen-bond acceptors (Lipinski definition) is 3. The smallest absolute Gasteiger partial charge is 0.116 e. The zero-order valence-corrected chi connectivity index (χ0v) is 10.1. The first-order valence-corrected chi connectivity index (χ1v) is 6.11. The van der Waals surface area contributed by atoms with Crippen molar-refractivity contribution in [3.8, 4) is 0 Å². The van der Waals surface area contributed by atoms with Crippen LogP contribution in [0.2, 0.25) is 0 Å². The fraction of sp³-hybridized carbons (Fsp3) is 0.429. The third kappa shape index (κ3) is 2.29. The molecule has 2 nitrogen and oxygen atoms in total. The molecular weight excluding hydrogens is 308 g/mol. The Bertz CT molecular complexity index is 251. The van der Waals surface area contributed by atoms with Crippen molar-refractivity contribution in [2.45, 2.75) is 12.2 Å². The van der Waals surface area contributed by atoms with Crippen LogP contribution in [0.4, 0.5) is 0 Å². The molecule has 0 saturated heterocycles. The fourth-order valence-corrected chi connectivity index (χ4v) is 2.78. The number of aliphatic hydroxyl groups excluding tert-OH is 2. The SMILES string of the molecule is OC(CBr)C(O)c1sccc1Br. The molecule has 1 heterocycles. The molecule has 68 valence electrons. The van der Waals surface area contributed by atoms with Gasteiger partial charge in [0.1, 0.15) is 6.10 Å². The summed E-state index contributed by atoms with van der Waals surface area (Å²) in [5.41, 5.74) is 0. The van der Waals surface area contributed by atoms with E-state index in [9.17, 15) is 10.2 Å². The van der Waals surface area contributed by atoms with Gasteiger partial charge in [0.2, 0.25) is 0 Å². The molecule has 0 radical (unpaired) electrons. The summed E-state index contributed by atoms with van der Waals surface area (Å²) in [6.45, 7) is 0. The van der Waals surface area contributed by atoms with E-state index in [2.05, 4.69) is 31.9 Å². The Morgan fingerprint density at radius 2 is 2.17 bits per heavy atom. The van der Waals surface area contributed by atoms with Crippen molar-refractivity contribution >= 4 is 43.2 Å². The third-order valence-corrected chi connectivity index (χ3v) is 4.04. The van der Waals surface area contributed by atoms with Crippen LogP contribution in [0.3, 0.4) is 0 Å². The molecule has 0 aromatic carbocycles. The molecule has 0 aliphatic rings. The lowest BCUT2D eigenvalue weighted by atomic mass is 10.2. The second kappa shape index (κ2) is 4.72. The molecule has 0 aliphatic carbocycles. The maximum absolute atomic E-state index is 9.56. The predicted octanol–water partition coefficient (Wildman–Crippen LogP) is 2.30. The zero-order valence-electron chi connectivity index (χ0n) is 6.08. The molecule has 0 bridgehead atoms. The Kier molecular flexibility index (Phi) is 4.19. The first-order chi connectivity index (χ1) is 5.66. The third-order valence-electron chi connectivity index (χ3n) is 1.44. The number of alkyl halides is 1. The minimum atomic E-state index is -0.807. The van der Waals surface area contributed by atoms with E-state index in [-0.39, 0.29) is 0 Å². The van der Waals surface area contributed by atoms with E-state index in [4.69, 9.17) is 0 Å². The van der Waals surface area contributed by atoms with Crippen molar-refractivity contribution in [2.75, 3.05) is 5.33 Å². The molecule has 1 aromatic rings. The lowest BCUT2D eigenvalue weighted by molar-refractivity contribution is 0.0362. The normalized spacial score (nSPS) is 16.0. The monoisotopic (exact) mass is 314 g/mol. The van der Waals surface area contributed by atoms with Crippen molar-refractivity contribution in [3.63, 3.8) is 0 Å². The first kappa shape index (κ1) is 10.7. The van der Waals surface area contributed by atoms with Crippen molar-refractivity contribution in [1.29, 1.82) is 0 Å². The molecule has 0 aliphatic heterocycles. The fourth-order valence-electron chi connectivity index (χ4n) is 0.776. The Balaban J connectivity index is 2.77. The number of rotatable bonds is 3. The lowest BCUT2D eigenvalue weighted by Gasteiger charge is -2.13. The predicted molar refractivity (Wildman–Crippen MR) is 56.8 cm³/mol. The molecule has 5 heteroatoms. The maximum atomic E-state index is 9.56. The minimum absolute atomic E-state index is 0.374. The standard InChI is InChI=1S/C7H8Br2O2S/c8-3-5(10)6(11)7-4(9)1-2-12-7/h1-2,5-6,10-11H,3H2. The minimum Gasteiger partial charge on any atom is -0.389 e. The summed E-state index contributed by atoms with van der Waals surface area (Å²) in [6, 6.07) is 1.85. The van der Waals surface area contributed by atoms with Crippen LogP contribution in [0.25, 0.3) is 0 Å². The topological polar surface area (TPSA) is 40.5 Å². The Labute approximate surface area is 91.5 Å². The van der Waals surface area contributed by atoms with Crippen LogP contribution in [0, 0.1) is 0 Å². The summed E-state index contributed by atoms with van der Waals surface area (Å²) < 4.78 is 0.847. The average molecular weight is 316 g/mol. The molecular formula is C7H8Br2O2S. The highest BCUT2D eigenvalue weighted by Gasteiger charge is 2.20. The molecule has 0 fully saturated rings. The second-order valence-electron chi connectivity index (χ2n) is 2.30. The van der Waals surface area contributed by atoms with Crippen molar-refractivity contribution in [3.05, 3.63) is 20.8 Å². The van der Waals surface area contributed by atoms with E-state index < -0.39 is 12.2 Å². The lowest BCUT2D eigenvalue weighted by Crippen LogP contribution is -2.18. The van der Waals surface area contributed by atoms with Crippen LogP contribution < -0.4 is 0 Å². The quantitative estimate of drug-likeness (QED) is 0.840. The highest BCUT2D eigenvalue weighted by atomic mass is 79.9. The van der Waals surface area contributed by atoms with Crippen LogP contribution in [0.15, 0.2) is 15.9 Å². The number of thiophene rings is 1. The van der Waals surface area contributed by atoms with Gasteiger partial charge in [0.15, 0.2) is 0 Å². The number of halogens is 2. The maximum Gasteiger partial charge on any atom is 0.116 e. The molecule has 1 aromatic heterocycles. The summed E-state index contributed by atoms with van der Waals surface area (Å²) in [4.78, 5) is 0.766. The van der Waals surface area contributed by atoms with E-state index in [1.54, 1.807) is 0 Å². The van der Waals surface area contributed by atoms with Gasteiger partial charge >= 0.3 is 0 Å². The van der Waals surface area contributed by atoms with Gasteiger partial charge in [-0.05, 0) is 27.4 Å². The molecule has 2 unspecified atom stereocenters. The van der Waals surface area contributed by atoms with Crippen molar-refractivity contribution < 1.29 is 10.2 Å². The van der Waals surface area contributed by atoms with Crippen LogP contribution in [0.5, 0.6) is 0 Å². The molecule has 0 saturated carbocycles. The van der Waals surface area contributed by atoms with E-state index in [0.717, 1.165) is 9.35 Å². The Morgan fingerprint density at radius 1 is 1.50 bits per heavy atom. The second-order valence-corrected chi connectivity index (χ2v) is 4.75. The Morgan fingerprint density at radius 3 is 2.58 bits per heavy atom. The van der Waals surface area contributed by atoms with Crippen molar-refractivity contribution in [1.82, 2.24) is 0 Å². The summed E-state index contributed by atoms with van der Waals surface area (Å²) in [5, 5.41) is 21.1. The molecule has 0 spiro atoms. The molecule has 1 rings (SSSR count). The molecule has 0 amide bonds. The Hall–Kier alpha value is 0.580. The molecule has 12 heavy (non-hydrogen) atoms. The average Bonchev–Trinajstić information content (AvgIpc) is 2.48. The molecule has 2 N–H and O–H groups in total. The van der Waals surface area contributed by atoms with Gasteiger partial charge in [-0.15, -0.1) is 11.3 Å². The van der Waals surface area contributed by atoms with Gasteiger partial charge in [-0.25, -0.2) is 0 Å². The van der Waals surface area contributed by atoms with Crippen LogP contribution in [-0.2, 0) is 0 Å². The van der Waals surface area contributed by atoms with Crippen LogP contribution in [0.1, 0.15) is 11.0 Å². The number of aliphatic hydroxyl groups is 2. The van der Waals surface area contributed by atoms with E-state index >= 15 is 0 Å². The van der Waals surface area contributed by atoms with E-state index in [1.165, 1.54) is 11.3 Å². The van der Waals surface area contributed by atoms with Gasteiger partial charge in [0.25, 0.3) is 0 Å². The highest BCUT2D eigenvalue weighted by Crippen LogP contribution is 2.31. The highest BCUT2D eigenvalue weighted by molar-refractivity contribution is 9.10. The van der Waals surface area contributed by atoms with Crippen LogP contribution in [-0.4, -0.2) is 21.6 Å². The largest absolute Gasteiger partial charge is 0.389 e. The summed E-state index contributed by atoms with van der Waals surface area (Å²) in [7, 11) is 0. The van der Waals surface area contributed by atoms with E-state index in [1.807, 2.05) is 11.4 Å². The van der Waals surface area contributed by atoms with Gasteiger partial charge in [-0.2, -0.15) is 0 Å². The molecule has 2 atom stereocenters. The summed E-state index contributed by atoms with van der Waals surface area (Å²) in [6.07, 6.45) is -1.56. The van der Waals surface area contributed by atoms with Gasteiger partial charge in [0.05, 0.1) is 6.10 Å². The van der Waals surface area contributed by atoms with Gasteiger partial charge in [0, 0.05) is 14.7 Å². The zero-order chi connectivity index (χ0) is 9.14. The van der Waals surface area contributed by atoms with E-state index in [0.29, 0.717) is 5.33 Å². The van der Waals surface area contributed by atoms with Crippen molar-refractivity contribution in [2.24, 2.45) is 0 Å². The number of hydrogen-bond donors (Lipinski definition) is 2. The van der Waals surface area contributed by atoms with Gasteiger partial charge in [-0.1, -0.05) is 15.9 Å². The summed E-state index contributed by atoms with van der Waals surface area (Å²) in [5.74, 6) is 0.